The molecule has 2 N–H and O–H groups in total. The molecule has 5 nitrogen and oxygen atoms in total. The van der Waals surface area contributed by atoms with E-state index >= 15 is 0 Å². The zero-order chi connectivity index (χ0) is 14.9. The van der Waals surface area contributed by atoms with Gasteiger partial charge in [0.1, 0.15) is 0 Å². The first-order valence-electron chi connectivity index (χ1n) is 6.52. The van der Waals surface area contributed by atoms with Gasteiger partial charge >= 0.3 is 0 Å². The first kappa shape index (κ1) is 14.6. The van der Waals surface area contributed by atoms with E-state index in [2.05, 4.69) is 0 Å². The van der Waals surface area contributed by atoms with Gasteiger partial charge in [0, 0.05) is 25.2 Å². The molecule has 20 heavy (non-hydrogen) atoms. The number of hydrogen-bond donors (Lipinski definition) is 1. The summed E-state index contributed by atoms with van der Waals surface area (Å²) in [5.74, 6) is -2.25. The average Bonchev–Trinajstić information content (AvgIpc) is 2.41. The van der Waals surface area contributed by atoms with Crippen LogP contribution in [0.25, 0.3) is 0 Å². The van der Waals surface area contributed by atoms with Gasteiger partial charge in [-0.25, -0.2) is 8.78 Å². The van der Waals surface area contributed by atoms with Gasteiger partial charge in [-0.3, -0.25) is 10.1 Å². The Bertz CT molecular complexity index is 517. The fourth-order valence-corrected chi connectivity index (χ4v) is 2.68. The number of hydrogen-bond acceptors (Lipinski definition) is 4. The third-order valence-corrected chi connectivity index (χ3v) is 3.89. The Labute approximate surface area is 115 Å². The molecule has 0 spiro atoms. The molecule has 1 saturated carbocycles. The number of nitro benzene ring substituents is 1. The number of rotatable bonds is 3. The highest BCUT2D eigenvalue weighted by molar-refractivity contribution is 5.64. The molecule has 0 unspecified atom stereocenters. The zero-order valence-electron chi connectivity index (χ0n) is 11.2. The van der Waals surface area contributed by atoms with Crippen molar-refractivity contribution in [2.24, 2.45) is 5.73 Å². The van der Waals surface area contributed by atoms with Crippen LogP contribution in [0.4, 0.5) is 20.2 Å². The molecule has 110 valence electrons. The maximum Gasteiger partial charge on any atom is 0.295 e. The first-order chi connectivity index (χ1) is 9.41. The van der Waals surface area contributed by atoms with Gasteiger partial charge < -0.3 is 10.6 Å². The molecule has 1 aliphatic carbocycles. The summed E-state index contributed by atoms with van der Waals surface area (Å²) in [5.41, 5.74) is 5.11. The van der Waals surface area contributed by atoms with Crippen LogP contribution in [-0.2, 0) is 0 Å². The number of halogens is 2. The molecule has 0 atom stereocenters. The molecule has 1 aromatic rings. The van der Waals surface area contributed by atoms with E-state index in [0.717, 1.165) is 25.0 Å². The highest BCUT2D eigenvalue weighted by atomic mass is 19.2. The van der Waals surface area contributed by atoms with Crippen LogP contribution in [0.2, 0.25) is 0 Å². The minimum Gasteiger partial charge on any atom is -0.364 e. The van der Waals surface area contributed by atoms with Crippen LogP contribution in [0, 0.1) is 21.7 Å². The highest BCUT2D eigenvalue weighted by Gasteiger charge is 2.30. The van der Waals surface area contributed by atoms with Crippen LogP contribution in [0.3, 0.4) is 0 Å². The first-order valence-corrected chi connectivity index (χ1v) is 6.52. The molecule has 1 aliphatic rings. The van der Waals surface area contributed by atoms with Gasteiger partial charge in [0.15, 0.2) is 17.3 Å². The second-order valence-corrected chi connectivity index (χ2v) is 5.17. The molecule has 0 amide bonds. The predicted molar refractivity (Wildman–Crippen MR) is 71.6 cm³/mol. The molecule has 1 fully saturated rings. The quantitative estimate of drug-likeness (QED) is 0.684. The lowest BCUT2D eigenvalue weighted by Gasteiger charge is -2.34. The van der Waals surface area contributed by atoms with Crippen molar-refractivity contribution in [3.05, 3.63) is 33.9 Å². The third-order valence-electron chi connectivity index (χ3n) is 3.89. The van der Waals surface area contributed by atoms with Crippen molar-refractivity contribution < 1.29 is 13.7 Å². The summed E-state index contributed by atoms with van der Waals surface area (Å²) in [6.07, 6.45) is 2.98. The normalized spacial score (nSPS) is 22.6. The van der Waals surface area contributed by atoms with Gasteiger partial charge in [0.2, 0.25) is 0 Å². The van der Waals surface area contributed by atoms with Gasteiger partial charge in [0.25, 0.3) is 5.69 Å². The second-order valence-electron chi connectivity index (χ2n) is 5.17. The van der Waals surface area contributed by atoms with E-state index in [9.17, 15) is 18.9 Å². The number of nitro groups is 1. The van der Waals surface area contributed by atoms with Crippen LogP contribution in [0.15, 0.2) is 12.1 Å². The number of anilines is 1. The van der Waals surface area contributed by atoms with E-state index in [1.54, 1.807) is 7.05 Å². The van der Waals surface area contributed by atoms with E-state index in [1.165, 1.54) is 4.90 Å². The summed E-state index contributed by atoms with van der Waals surface area (Å²) in [5, 5.41) is 11.0. The molecule has 0 heterocycles. The van der Waals surface area contributed by atoms with Crippen molar-refractivity contribution in [3.63, 3.8) is 0 Å². The second kappa shape index (κ2) is 5.70. The standard InChI is InChI=1S/C13H17F2N3O2/c1-17(9-4-2-8(16)3-5-9)13-11(18(19)20)7-6-10(14)12(13)15/h6-9H,2-5,16H2,1H3. The summed E-state index contributed by atoms with van der Waals surface area (Å²) in [6.45, 7) is 0. The Morgan fingerprint density at radius 3 is 2.45 bits per heavy atom. The van der Waals surface area contributed by atoms with Crippen LogP contribution < -0.4 is 10.6 Å². The van der Waals surface area contributed by atoms with E-state index in [-0.39, 0.29) is 17.8 Å². The van der Waals surface area contributed by atoms with Crippen molar-refractivity contribution in [1.29, 1.82) is 0 Å². The summed E-state index contributed by atoms with van der Waals surface area (Å²) in [7, 11) is 1.56. The largest absolute Gasteiger partial charge is 0.364 e. The topological polar surface area (TPSA) is 72.4 Å². The molecule has 0 radical (unpaired) electrons. The van der Waals surface area contributed by atoms with Gasteiger partial charge in [-0.1, -0.05) is 0 Å². The van der Waals surface area contributed by atoms with Gasteiger partial charge in [-0.15, -0.1) is 0 Å². The fraction of sp³-hybridized carbons (Fsp3) is 0.538. The molecule has 1 aromatic carbocycles. The monoisotopic (exact) mass is 285 g/mol. The van der Waals surface area contributed by atoms with Crippen molar-refractivity contribution >= 4 is 11.4 Å². The maximum atomic E-state index is 14.0. The van der Waals surface area contributed by atoms with Crippen molar-refractivity contribution in [1.82, 2.24) is 0 Å². The van der Waals surface area contributed by atoms with Crippen LogP contribution >= 0.6 is 0 Å². The summed E-state index contributed by atoms with van der Waals surface area (Å²) in [6, 6.07) is 1.83. The molecule has 0 bridgehead atoms. The predicted octanol–water partition coefficient (Wildman–Crippen LogP) is 2.58. The Kier molecular flexibility index (Phi) is 4.17. The third kappa shape index (κ3) is 2.72. The zero-order valence-corrected chi connectivity index (χ0v) is 11.2. The Morgan fingerprint density at radius 1 is 1.30 bits per heavy atom. The van der Waals surface area contributed by atoms with Gasteiger partial charge in [-0.2, -0.15) is 0 Å². The van der Waals surface area contributed by atoms with Crippen LogP contribution in [0.1, 0.15) is 25.7 Å². The molecule has 0 saturated heterocycles. The summed E-state index contributed by atoms with van der Waals surface area (Å²) in [4.78, 5) is 11.8. The maximum absolute atomic E-state index is 14.0. The minimum atomic E-state index is -1.17. The lowest BCUT2D eigenvalue weighted by molar-refractivity contribution is -0.384. The van der Waals surface area contributed by atoms with Gasteiger partial charge in [-0.05, 0) is 31.7 Å². The van der Waals surface area contributed by atoms with Crippen molar-refractivity contribution in [2.45, 2.75) is 37.8 Å². The minimum absolute atomic E-state index is 0.0650. The van der Waals surface area contributed by atoms with E-state index in [1.807, 2.05) is 0 Å². The van der Waals surface area contributed by atoms with Crippen LogP contribution in [0.5, 0.6) is 0 Å². The molecule has 0 aromatic heterocycles. The van der Waals surface area contributed by atoms with E-state index in [0.29, 0.717) is 12.8 Å². The number of nitrogens with two attached hydrogens (primary N) is 1. The van der Waals surface area contributed by atoms with Crippen molar-refractivity contribution in [2.75, 3.05) is 11.9 Å². The van der Waals surface area contributed by atoms with Crippen LogP contribution in [-0.4, -0.2) is 24.1 Å². The number of benzene rings is 1. The van der Waals surface area contributed by atoms with E-state index in [4.69, 9.17) is 5.73 Å². The van der Waals surface area contributed by atoms with E-state index < -0.39 is 22.2 Å². The Morgan fingerprint density at radius 2 is 1.90 bits per heavy atom. The highest BCUT2D eigenvalue weighted by Crippen LogP contribution is 2.35. The molecule has 2 rings (SSSR count). The fourth-order valence-electron chi connectivity index (χ4n) is 2.68. The Hall–Kier alpha value is -1.76. The summed E-state index contributed by atoms with van der Waals surface area (Å²) < 4.78 is 27.3. The smallest absolute Gasteiger partial charge is 0.295 e. The SMILES string of the molecule is CN(c1c([N+](=O)[O-])ccc(F)c1F)C1CCC(N)CC1. The molecule has 7 heteroatoms. The van der Waals surface area contributed by atoms with Crippen molar-refractivity contribution in [3.8, 4) is 0 Å². The summed E-state index contributed by atoms with van der Waals surface area (Å²) >= 11 is 0. The molecular weight excluding hydrogens is 268 g/mol. The Balaban J connectivity index is 2.35. The number of nitrogens with zero attached hydrogens (tertiary/aromatic N) is 2. The lowest BCUT2D eigenvalue weighted by Crippen LogP contribution is -2.39. The average molecular weight is 285 g/mol. The molecule has 0 aliphatic heterocycles. The lowest BCUT2D eigenvalue weighted by atomic mass is 9.90. The van der Waals surface area contributed by atoms with Gasteiger partial charge in [0.05, 0.1) is 4.92 Å². The molecular formula is C13H17F2N3O2.